The van der Waals surface area contributed by atoms with Crippen LogP contribution in [0.5, 0.6) is 5.75 Å². The molecule has 0 atom stereocenters. The van der Waals surface area contributed by atoms with Gasteiger partial charge in [0.15, 0.2) is 0 Å². The summed E-state index contributed by atoms with van der Waals surface area (Å²) in [4.78, 5) is 0. The van der Waals surface area contributed by atoms with Crippen molar-refractivity contribution in [1.29, 1.82) is 0 Å². The monoisotopic (exact) mass is 312 g/mol. The van der Waals surface area contributed by atoms with Crippen LogP contribution in [0.25, 0.3) is 11.5 Å². The summed E-state index contributed by atoms with van der Waals surface area (Å²) in [6.07, 6.45) is 0. The molecule has 4 nitrogen and oxygen atoms in total. The summed E-state index contributed by atoms with van der Waals surface area (Å²) in [5, 5.41) is 8.67. The van der Waals surface area contributed by atoms with Crippen molar-refractivity contribution in [1.82, 2.24) is 10.2 Å². The van der Waals surface area contributed by atoms with E-state index in [2.05, 4.69) is 10.2 Å². The van der Waals surface area contributed by atoms with Gasteiger partial charge in [-0.1, -0.05) is 48.2 Å². The molecule has 2 aromatic carbocycles. The summed E-state index contributed by atoms with van der Waals surface area (Å²) in [7, 11) is 0. The van der Waals surface area contributed by atoms with Crippen LogP contribution in [-0.2, 0) is 0 Å². The number of aromatic nitrogens is 2. The van der Waals surface area contributed by atoms with Gasteiger partial charge in [0.2, 0.25) is 5.89 Å². The Morgan fingerprint density at radius 3 is 2.59 bits per heavy atom. The van der Waals surface area contributed by atoms with E-state index >= 15 is 0 Å². The van der Waals surface area contributed by atoms with Gasteiger partial charge >= 0.3 is 0 Å². The molecule has 0 aliphatic carbocycles. The highest BCUT2D eigenvalue weighted by Crippen LogP contribution is 2.23. The van der Waals surface area contributed by atoms with Gasteiger partial charge in [0, 0.05) is 11.3 Å². The first-order valence-corrected chi connectivity index (χ1v) is 8.01. The van der Waals surface area contributed by atoms with Crippen LogP contribution in [-0.4, -0.2) is 22.6 Å². The zero-order valence-corrected chi connectivity index (χ0v) is 13.0. The Balaban J connectivity index is 1.51. The van der Waals surface area contributed by atoms with Gasteiger partial charge in [-0.3, -0.25) is 0 Å². The van der Waals surface area contributed by atoms with E-state index in [0.717, 1.165) is 22.6 Å². The van der Waals surface area contributed by atoms with E-state index in [1.54, 1.807) is 0 Å². The lowest BCUT2D eigenvalue weighted by atomic mass is 10.2. The maximum absolute atomic E-state index is 5.74. The predicted molar refractivity (Wildman–Crippen MR) is 87.1 cm³/mol. The minimum absolute atomic E-state index is 0.544. The van der Waals surface area contributed by atoms with E-state index in [-0.39, 0.29) is 0 Å². The summed E-state index contributed by atoms with van der Waals surface area (Å²) in [5.41, 5.74) is 2.06. The molecule has 0 spiro atoms. The van der Waals surface area contributed by atoms with Gasteiger partial charge in [0.1, 0.15) is 5.75 Å². The van der Waals surface area contributed by atoms with Gasteiger partial charge in [-0.2, -0.15) is 0 Å². The van der Waals surface area contributed by atoms with Crippen molar-refractivity contribution in [2.75, 3.05) is 12.4 Å². The van der Waals surface area contributed by atoms with Crippen LogP contribution in [0, 0.1) is 6.92 Å². The molecule has 3 rings (SSSR count). The topological polar surface area (TPSA) is 48.2 Å². The zero-order chi connectivity index (χ0) is 15.2. The second kappa shape index (κ2) is 7.13. The number of nitrogens with zero attached hydrogens (tertiary/aromatic N) is 2. The number of benzene rings is 2. The first-order chi connectivity index (χ1) is 10.8. The smallest absolute Gasteiger partial charge is 0.276 e. The average Bonchev–Trinajstić information content (AvgIpc) is 3.03. The number of ether oxygens (including phenoxy) is 1. The van der Waals surface area contributed by atoms with Crippen LogP contribution < -0.4 is 4.74 Å². The summed E-state index contributed by atoms with van der Waals surface area (Å²) in [6, 6.07) is 17.7. The molecule has 1 aromatic heterocycles. The standard InChI is InChI=1S/C17H16N2O2S/c1-13-7-5-6-10-15(13)20-11-12-22-17-19-18-16(21-17)14-8-3-2-4-9-14/h2-10H,11-12H2,1H3. The maximum atomic E-state index is 5.74. The molecular weight excluding hydrogens is 296 g/mol. The predicted octanol–water partition coefficient (Wildman–Crippen LogP) is 4.22. The van der Waals surface area contributed by atoms with Crippen LogP contribution in [0.15, 0.2) is 64.2 Å². The molecule has 1 heterocycles. The fourth-order valence-electron chi connectivity index (χ4n) is 1.96. The Labute approximate surface area is 133 Å². The Bertz CT molecular complexity index is 728. The molecule has 0 saturated heterocycles. The lowest BCUT2D eigenvalue weighted by Gasteiger charge is -2.07. The number of aryl methyl sites for hydroxylation is 1. The molecule has 0 saturated carbocycles. The highest BCUT2D eigenvalue weighted by molar-refractivity contribution is 7.99. The highest BCUT2D eigenvalue weighted by atomic mass is 32.2. The zero-order valence-electron chi connectivity index (χ0n) is 12.2. The second-order valence-electron chi connectivity index (χ2n) is 4.70. The minimum Gasteiger partial charge on any atom is -0.492 e. The Kier molecular flexibility index (Phi) is 4.75. The normalized spacial score (nSPS) is 10.6. The highest BCUT2D eigenvalue weighted by Gasteiger charge is 2.08. The van der Waals surface area contributed by atoms with Crippen molar-refractivity contribution in [2.45, 2.75) is 12.1 Å². The first kappa shape index (κ1) is 14.7. The van der Waals surface area contributed by atoms with Gasteiger partial charge in [-0.15, -0.1) is 10.2 Å². The molecule has 0 bridgehead atoms. The maximum Gasteiger partial charge on any atom is 0.276 e. The van der Waals surface area contributed by atoms with E-state index in [1.165, 1.54) is 11.8 Å². The minimum atomic E-state index is 0.544. The SMILES string of the molecule is Cc1ccccc1OCCSc1nnc(-c2ccccc2)o1. The third-order valence-corrected chi connectivity index (χ3v) is 3.87. The summed E-state index contributed by atoms with van der Waals surface area (Å²) in [6.45, 7) is 2.63. The molecule has 22 heavy (non-hydrogen) atoms. The number of rotatable bonds is 6. The molecule has 0 unspecified atom stereocenters. The van der Waals surface area contributed by atoms with E-state index in [0.29, 0.717) is 17.7 Å². The lowest BCUT2D eigenvalue weighted by Crippen LogP contribution is -2.01. The third kappa shape index (κ3) is 3.68. The van der Waals surface area contributed by atoms with Crippen LogP contribution in [0.4, 0.5) is 0 Å². The van der Waals surface area contributed by atoms with Crippen molar-refractivity contribution in [3.05, 3.63) is 60.2 Å². The molecular formula is C17H16N2O2S. The van der Waals surface area contributed by atoms with Crippen molar-refractivity contribution in [3.63, 3.8) is 0 Å². The van der Waals surface area contributed by atoms with Crippen molar-refractivity contribution < 1.29 is 9.15 Å². The fraction of sp³-hybridized carbons (Fsp3) is 0.176. The Hall–Kier alpha value is -2.27. The molecule has 5 heteroatoms. The first-order valence-electron chi connectivity index (χ1n) is 7.03. The molecule has 0 fully saturated rings. The fourth-order valence-corrected chi connectivity index (χ4v) is 2.54. The van der Waals surface area contributed by atoms with Crippen molar-refractivity contribution in [3.8, 4) is 17.2 Å². The van der Waals surface area contributed by atoms with E-state index < -0.39 is 0 Å². The second-order valence-corrected chi connectivity index (χ2v) is 5.75. The quantitative estimate of drug-likeness (QED) is 0.504. The van der Waals surface area contributed by atoms with Crippen LogP contribution in [0.3, 0.4) is 0 Å². The number of thioether (sulfide) groups is 1. The van der Waals surface area contributed by atoms with Crippen molar-refractivity contribution >= 4 is 11.8 Å². The largest absolute Gasteiger partial charge is 0.492 e. The number of hydrogen-bond donors (Lipinski definition) is 0. The summed E-state index contributed by atoms with van der Waals surface area (Å²) < 4.78 is 11.4. The van der Waals surface area contributed by atoms with Gasteiger partial charge in [-0.25, -0.2) is 0 Å². The third-order valence-electron chi connectivity index (χ3n) is 3.09. The van der Waals surface area contributed by atoms with Gasteiger partial charge in [-0.05, 0) is 30.7 Å². The molecule has 0 radical (unpaired) electrons. The van der Waals surface area contributed by atoms with Crippen LogP contribution >= 0.6 is 11.8 Å². The molecule has 0 N–H and O–H groups in total. The van der Waals surface area contributed by atoms with Crippen LogP contribution in [0.1, 0.15) is 5.56 Å². The van der Waals surface area contributed by atoms with Crippen molar-refractivity contribution in [2.24, 2.45) is 0 Å². The molecule has 0 amide bonds. The summed E-state index contributed by atoms with van der Waals surface area (Å²) in [5.74, 6) is 2.21. The van der Waals surface area contributed by atoms with Gasteiger partial charge in [0.25, 0.3) is 5.22 Å². The van der Waals surface area contributed by atoms with Crippen LogP contribution in [0.2, 0.25) is 0 Å². The molecule has 112 valence electrons. The molecule has 3 aromatic rings. The molecule has 0 aliphatic heterocycles. The average molecular weight is 312 g/mol. The number of para-hydroxylation sites is 1. The van der Waals surface area contributed by atoms with E-state index in [1.807, 2.05) is 61.5 Å². The summed E-state index contributed by atoms with van der Waals surface area (Å²) >= 11 is 1.50. The number of hydrogen-bond acceptors (Lipinski definition) is 5. The Morgan fingerprint density at radius 1 is 1.00 bits per heavy atom. The van der Waals surface area contributed by atoms with E-state index in [9.17, 15) is 0 Å². The van der Waals surface area contributed by atoms with Gasteiger partial charge < -0.3 is 9.15 Å². The lowest BCUT2D eigenvalue weighted by molar-refractivity contribution is 0.341. The van der Waals surface area contributed by atoms with E-state index in [4.69, 9.17) is 9.15 Å². The van der Waals surface area contributed by atoms with Gasteiger partial charge in [0.05, 0.1) is 6.61 Å². The Morgan fingerprint density at radius 2 is 1.77 bits per heavy atom. The molecule has 0 aliphatic rings.